The number of ether oxygens (including phenoxy) is 7. The first-order valence-corrected chi connectivity index (χ1v) is 19.2. The molecular formula is C41H58N4O11. The number of hydrogen-bond acceptors (Lipinski definition) is 13. The number of benzene rings is 3. The second-order valence-corrected chi connectivity index (χ2v) is 13.2. The number of anilines is 2. The van der Waals surface area contributed by atoms with Crippen LogP contribution in [0.2, 0.25) is 0 Å². The van der Waals surface area contributed by atoms with Crippen molar-refractivity contribution in [3.63, 3.8) is 0 Å². The van der Waals surface area contributed by atoms with E-state index in [1.165, 1.54) is 0 Å². The maximum atomic E-state index is 11.6. The summed E-state index contributed by atoms with van der Waals surface area (Å²) in [6.45, 7) is 8.12. The number of nitrogens with zero attached hydrogens (tertiary/aromatic N) is 4. The largest absolute Gasteiger partial charge is 0.496 e. The lowest BCUT2D eigenvalue weighted by molar-refractivity contribution is -0.757. The van der Waals surface area contributed by atoms with Gasteiger partial charge in [-0.1, -0.05) is 18.2 Å². The molecule has 5 rings (SSSR count). The average Bonchev–Trinajstić information content (AvgIpc) is 3.23. The van der Waals surface area contributed by atoms with Gasteiger partial charge in [-0.3, -0.25) is 4.79 Å². The first-order chi connectivity index (χ1) is 27.4. The molecule has 1 atom stereocenters. The Bertz CT molecular complexity index is 1560. The van der Waals surface area contributed by atoms with E-state index in [0.717, 1.165) is 98.3 Å². The Morgan fingerprint density at radius 3 is 2.36 bits per heavy atom. The Morgan fingerprint density at radius 1 is 0.821 bits per heavy atom. The Kier molecular flexibility index (Phi) is 19.7. The van der Waals surface area contributed by atoms with Gasteiger partial charge in [-0.05, 0) is 68.1 Å². The van der Waals surface area contributed by atoms with E-state index in [0.29, 0.717) is 59.2 Å². The molecule has 0 bridgehead atoms. The number of unbranched alkanes of at least 4 members (excludes halogenated alkanes) is 2. The summed E-state index contributed by atoms with van der Waals surface area (Å²) in [5, 5.41) is 8.88. The van der Waals surface area contributed by atoms with E-state index >= 15 is 0 Å². The first kappa shape index (κ1) is 43.7. The number of para-hydroxylation sites is 1. The van der Waals surface area contributed by atoms with Crippen LogP contribution in [0.25, 0.3) is 0 Å². The molecule has 0 saturated carbocycles. The van der Waals surface area contributed by atoms with Gasteiger partial charge in [0.05, 0.1) is 51.8 Å². The Morgan fingerprint density at radius 2 is 1.59 bits per heavy atom. The average molecular weight is 783 g/mol. The number of hydrogen-bond donors (Lipinski definition) is 0. The van der Waals surface area contributed by atoms with Crippen LogP contribution in [0.4, 0.5) is 11.4 Å². The molecule has 15 nitrogen and oxygen atoms in total. The second kappa shape index (κ2) is 25.2. The molecule has 3 aromatic rings. The maximum Gasteiger partial charge on any atom is 0.294 e. The molecular weight excluding hydrogens is 724 g/mol. The van der Waals surface area contributed by atoms with E-state index < -0.39 is 5.09 Å². The molecule has 3 aromatic carbocycles. The van der Waals surface area contributed by atoms with Crippen LogP contribution >= 0.6 is 0 Å². The van der Waals surface area contributed by atoms with Gasteiger partial charge >= 0.3 is 0 Å². The van der Waals surface area contributed by atoms with E-state index in [-0.39, 0.29) is 12.6 Å². The molecule has 0 N–H and O–H groups in total. The van der Waals surface area contributed by atoms with Crippen molar-refractivity contribution in [2.24, 2.45) is 0 Å². The molecule has 56 heavy (non-hydrogen) atoms. The zero-order valence-electron chi connectivity index (χ0n) is 33.0. The highest BCUT2D eigenvalue weighted by atomic mass is 16.9. The van der Waals surface area contributed by atoms with Crippen LogP contribution in [0.3, 0.4) is 0 Å². The minimum Gasteiger partial charge on any atom is -0.496 e. The molecule has 0 aromatic heterocycles. The third-order valence-corrected chi connectivity index (χ3v) is 9.28. The monoisotopic (exact) mass is 782 g/mol. The highest BCUT2D eigenvalue weighted by Gasteiger charge is 2.28. The highest BCUT2D eigenvalue weighted by Crippen LogP contribution is 2.35. The SMILES string of the molecule is COCCCCCO[N+](=O)[O-].COCCCN1CCOc2ccc(OCC3CN(C=O)CCN3c3ccc(OCCCOCc4ccccc4OC)cc3)cc21. The molecule has 308 valence electrons. The topological polar surface area (TPSA) is 144 Å². The Balaban J connectivity index is 0.000000552. The fraction of sp³-hybridized carbons (Fsp3) is 0.537. The molecule has 2 aliphatic heterocycles. The molecule has 1 saturated heterocycles. The number of carbonyl (C=O) groups is 1. The van der Waals surface area contributed by atoms with Gasteiger partial charge in [-0.2, -0.15) is 0 Å². The summed E-state index contributed by atoms with van der Waals surface area (Å²) in [5.41, 5.74) is 3.15. The third kappa shape index (κ3) is 14.9. The van der Waals surface area contributed by atoms with Gasteiger partial charge in [0.25, 0.3) is 5.09 Å². The van der Waals surface area contributed by atoms with Crippen LogP contribution < -0.4 is 28.7 Å². The number of amides is 1. The normalized spacial score (nSPS) is 14.8. The number of methoxy groups -OCH3 is 3. The summed E-state index contributed by atoms with van der Waals surface area (Å²) in [6, 6.07) is 22.0. The van der Waals surface area contributed by atoms with Gasteiger partial charge in [0.2, 0.25) is 6.41 Å². The lowest BCUT2D eigenvalue weighted by atomic mass is 10.1. The minimum absolute atomic E-state index is 0.00111. The molecule has 2 aliphatic rings. The van der Waals surface area contributed by atoms with Crippen LogP contribution in [-0.2, 0) is 30.4 Å². The van der Waals surface area contributed by atoms with Gasteiger partial charge in [-0.25, -0.2) is 0 Å². The Hall–Kier alpha value is -4.99. The minimum atomic E-state index is -0.768. The quantitative estimate of drug-likeness (QED) is 0.0478. The van der Waals surface area contributed by atoms with Crippen molar-refractivity contribution in [3.05, 3.63) is 82.4 Å². The highest BCUT2D eigenvalue weighted by molar-refractivity contribution is 5.63. The van der Waals surface area contributed by atoms with Crippen molar-refractivity contribution >= 4 is 17.8 Å². The van der Waals surface area contributed by atoms with Gasteiger partial charge < -0.3 is 52.7 Å². The van der Waals surface area contributed by atoms with Crippen molar-refractivity contribution < 1.29 is 47.9 Å². The Labute approximate surface area is 330 Å². The van der Waals surface area contributed by atoms with Crippen molar-refractivity contribution in [2.45, 2.75) is 44.8 Å². The van der Waals surface area contributed by atoms with Gasteiger partial charge in [0.15, 0.2) is 0 Å². The molecule has 1 amide bonds. The van der Waals surface area contributed by atoms with Crippen LogP contribution in [0.1, 0.15) is 37.7 Å². The van der Waals surface area contributed by atoms with Crippen LogP contribution in [0.15, 0.2) is 66.7 Å². The number of rotatable bonds is 24. The first-order valence-electron chi connectivity index (χ1n) is 19.2. The standard InChI is InChI=1S/C35H45N3O7.C6H13NO4/c1-40-19-5-15-37-18-22-44-35-14-13-32(23-33(35)37)45-26-30-24-36(27-39)16-17-38(30)29-9-11-31(12-10-29)43-21-6-20-42-25-28-7-3-4-8-34(28)41-2;1-10-5-3-2-4-6-11-7(8)9/h3-4,7-14,23,27,30H,5-6,15-22,24-26H2,1-2H3;2-6H2,1H3. The van der Waals surface area contributed by atoms with E-state index in [1.54, 1.807) is 21.3 Å². The summed E-state index contributed by atoms with van der Waals surface area (Å²) in [7, 11) is 5.03. The summed E-state index contributed by atoms with van der Waals surface area (Å²) in [6.07, 6.45) is 5.20. The molecule has 15 heteroatoms. The van der Waals surface area contributed by atoms with Crippen molar-refractivity contribution in [3.8, 4) is 23.0 Å². The summed E-state index contributed by atoms with van der Waals surface area (Å²) < 4.78 is 39.4. The van der Waals surface area contributed by atoms with Crippen molar-refractivity contribution in [1.82, 2.24) is 4.90 Å². The molecule has 1 unspecified atom stereocenters. The maximum absolute atomic E-state index is 11.6. The number of fused-ring (bicyclic) bond motifs is 1. The number of piperazine rings is 1. The predicted octanol–water partition coefficient (Wildman–Crippen LogP) is 5.65. The van der Waals surface area contributed by atoms with Crippen molar-refractivity contribution in [1.29, 1.82) is 0 Å². The van der Waals surface area contributed by atoms with E-state index in [1.807, 2.05) is 53.4 Å². The van der Waals surface area contributed by atoms with Gasteiger partial charge in [0, 0.05) is 77.4 Å². The zero-order valence-corrected chi connectivity index (χ0v) is 33.0. The predicted molar refractivity (Wildman–Crippen MR) is 213 cm³/mol. The molecule has 0 spiro atoms. The fourth-order valence-electron chi connectivity index (χ4n) is 6.38. The molecule has 0 aliphatic carbocycles. The van der Waals surface area contributed by atoms with Gasteiger partial charge in [-0.15, -0.1) is 10.1 Å². The van der Waals surface area contributed by atoms with Crippen LogP contribution in [0, 0.1) is 10.1 Å². The van der Waals surface area contributed by atoms with E-state index in [9.17, 15) is 14.9 Å². The lowest BCUT2D eigenvalue weighted by Gasteiger charge is -2.41. The van der Waals surface area contributed by atoms with Crippen molar-refractivity contribution in [2.75, 3.05) is 110 Å². The second-order valence-electron chi connectivity index (χ2n) is 13.2. The summed E-state index contributed by atoms with van der Waals surface area (Å²) >= 11 is 0. The lowest BCUT2D eigenvalue weighted by Crippen LogP contribution is -2.55. The third-order valence-electron chi connectivity index (χ3n) is 9.28. The van der Waals surface area contributed by atoms with Crippen LogP contribution in [-0.4, -0.2) is 123 Å². The zero-order chi connectivity index (χ0) is 39.8. The number of carbonyl (C=O) groups excluding carboxylic acids is 1. The van der Waals surface area contributed by atoms with E-state index in [4.69, 9.17) is 33.2 Å². The van der Waals surface area contributed by atoms with Crippen LogP contribution in [0.5, 0.6) is 23.0 Å². The molecule has 2 heterocycles. The molecule has 0 radical (unpaired) electrons. The molecule has 1 fully saturated rings. The smallest absolute Gasteiger partial charge is 0.294 e. The van der Waals surface area contributed by atoms with Gasteiger partial charge in [0.1, 0.15) is 36.2 Å². The fourth-order valence-corrected chi connectivity index (χ4v) is 6.38. The summed E-state index contributed by atoms with van der Waals surface area (Å²) in [4.78, 5) is 31.9. The van der Waals surface area contributed by atoms with E-state index in [2.05, 4.69) is 32.8 Å². The summed E-state index contributed by atoms with van der Waals surface area (Å²) in [5.74, 6) is 3.31.